The van der Waals surface area contributed by atoms with Crippen LogP contribution >= 0.6 is 0 Å². The van der Waals surface area contributed by atoms with Gasteiger partial charge >= 0.3 is 11.8 Å². The lowest BCUT2D eigenvalue weighted by molar-refractivity contribution is -0.139. The van der Waals surface area contributed by atoms with E-state index in [-0.39, 0.29) is 6.10 Å². The molecule has 7 heteroatoms. The number of nitrogens with one attached hydrogen (secondary N) is 2. The Morgan fingerprint density at radius 2 is 2.00 bits per heavy atom. The first-order valence-electron chi connectivity index (χ1n) is 7.40. The predicted molar refractivity (Wildman–Crippen MR) is 87.4 cm³/mol. The van der Waals surface area contributed by atoms with E-state index in [1.807, 2.05) is 26.0 Å². The highest BCUT2D eigenvalue weighted by Crippen LogP contribution is 2.14. The number of rotatable bonds is 8. The number of amides is 2. The van der Waals surface area contributed by atoms with Gasteiger partial charge in [-0.2, -0.15) is 5.10 Å². The Balaban J connectivity index is 2.32. The van der Waals surface area contributed by atoms with Crippen LogP contribution in [0.25, 0.3) is 0 Å². The Labute approximate surface area is 136 Å². The molecule has 0 aliphatic carbocycles. The number of hydrogen-bond donors (Lipinski definition) is 2. The first kappa shape index (κ1) is 18.6. The number of para-hydroxylation sites is 1. The summed E-state index contributed by atoms with van der Waals surface area (Å²) in [7, 11) is 1.54. The largest absolute Gasteiger partial charge is 0.496 e. The highest BCUT2D eigenvalue weighted by atomic mass is 16.5. The number of hydrazone groups is 1. The Kier molecular flexibility index (Phi) is 8.38. The molecule has 1 aromatic rings. The number of methoxy groups -OCH3 is 1. The van der Waals surface area contributed by atoms with Crippen molar-refractivity contribution in [2.24, 2.45) is 5.10 Å². The first-order valence-corrected chi connectivity index (χ1v) is 7.40. The fourth-order valence-corrected chi connectivity index (χ4v) is 1.66. The van der Waals surface area contributed by atoms with Gasteiger partial charge in [0, 0.05) is 18.7 Å². The second-order valence-corrected chi connectivity index (χ2v) is 4.97. The van der Waals surface area contributed by atoms with Gasteiger partial charge in [0.15, 0.2) is 0 Å². The van der Waals surface area contributed by atoms with Crippen LogP contribution < -0.4 is 15.5 Å². The molecule has 0 fully saturated rings. The molecule has 0 bridgehead atoms. The summed E-state index contributed by atoms with van der Waals surface area (Å²) in [6.45, 7) is 4.78. The van der Waals surface area contributed by atoms with Gasteiger partial charge in [-0.1, -0.05) is 12.1 Å². The molecule has 0 aromatic heterocycles. The molecule has 2 amide bonds. The summed E-state index contributed by atoms with van der Waals surface area (Å²) < 4.78 is 10.5. The number of carbonyl (C=O) groups excluding carboxylic acids is 2. The molecule has 0 spiro atoms. The van der Waals surface area contributed by atoms with Crippen LogP contribution in [-0.2, 0) is 14.3 Å². The van der Waals surface area contributed by atoms with Gasteiger partial charge in [-0.15, -0.1) is 0 Å². The standard InChI is InChI=1S/C16H23N3O4/c1-12(2)23-10-6-9-17-15(20)16(21)19-18-11-13-7-4-5-8-14(13)22-3/h4-5,7-8,11-12H,6,9-10H2,1-3H3,(H,17,20)(H,19,21)/b18-11-. The maximum Gasteiger partial charge on any atom is 0.329 e. The summed E-state index contributed by atoms with van der Waals surface area (Å²) in [5, 5.41) is 6.25. The molecule has 2 N–H and O–H groups in total. The molecule has 0 saturated carbocycles. The van der Waals surface area contributed by atoms with Crippen molar-refractivity contribution in [2.45, 2.75) is 26.4 Å². The maximum absolute atomic E-state index is 11.6. The van der Waals surface area contributed by atoms with Crippen molar-refractivity contribution in [3.63, 3.8) is 0 Å². The van der Waals surface area contributed by atoms with Crippen LogP contribution in [-0.4, -0.2) is 44.4 Å². The summed E-state index contributed by atoms with van der Waals surface area (Å²) in [5.74, 6) is -0.923. The van der Waals surface area contributed by atoms with Crippen LogP contribution in [0.4, 0.5) is 0 Å². The van der Waals surface area contributed by atoms with Crippen LogP contribution in [0, 0.1) is 0 Å². The Morgan fingerprint density at radius 3 is 2.70 bits per heavy atom. The van der Waals surface area contributed by atoms with E-state index in [1.165, 1.54) is 6.21 Å². The zero-order valence-corrected chi connectivity index (χ0v) is 13.7. The van der Waals surface area contributed by atoms with Gasteiger partial charge in [0.05, 0.1) is 19.4 Å². The molecule has 0 aliphatic heterocycles. The lowest BCUT2D eigenvalue weighted by Gasteiger charge is -2.07. The van der Waals surface area contributed by atoms with Gasteiger partial charge in [-0.05, 0) is 32.4 Å². The van der Waals surface area contributed by atoms with Crippen molar-refractivity contribution in [1.82, 2.24) is 10.7 Å². The first-order chi connectivity index (χ1) is 11.0. The Hall–Kier alpha value is -2.41. The molecule has 7 nitrogen and oxygen atoms in total. The summed E-state index contributed by atoms with van der Waals surface area (Å²) >= 11 is 0. The number of carbonyl (C=O) groups is 2. The number of ether oxygens (including phenoxy) is 2. The van der Waals surface area contributed by atoms with Gasteiger partial charge in [0.2, 0.25) is 0 Å². The molecule has 0 unspecified atom stereocenters. The van der Waals surface area contributed by atoms with Crippen molar-refractivity contribution < 1.29 is 19.1 Å². The summed E-state index contributed by atoms with van der Waals surface area (Å²) in [6.07, 6.45) is 2.21. The average molecular weight is 321 g/mol. The Bertz CT molecular complexity index is 544. The van der Waals surface area contributed by atoms with E-state index in [0.717, 1.165) is 0 Å². The summed E-state index contributed by atoms with van der Waals surface area (Å²) in [4.78, 5) is 23.1. The van der Waals surface area contributed by atoms with E-state index in [0.29, 0.717) is 30.9 Å². The van der Waals surface area contributed by atoms with E-state index in [4.69, 9.17) is 9.47 Å². The van der Waals surface area contributed by atoms with Gasteiger partial charge in [-0.25, -0.2) is 5.43 Å². The fraction of sp³-hybridized carbons (Fsp3) is 0.438. The highest BCUT2D eigenvalue weighted by Gasteiger charge is 2.11. The average Bonchev–Trinajstić information content (AvgIpc) is 2.54. The molecule has 0 saturated heterocycles. The third-order valence-corrected chi connectivity index (χ3v) is 2.77. The van der Waals surface area contributed by atoms with E-state index >= 15 is 0 Å². The van der Waals surface area contributed by atoms with E-state index in [2.05, 4.69) is 15.8 Å². The quantitative estimate of drug-likeness (QED) is 0.324. The van der Waals surface area contributed by atoms with E-state index in [1.54, 1.807) is 19.2 Å². The van der Waals surface area contributed by atoms with Gasteiger partial charge in [0.25, 0.3) is 0 Å². The molecule has 0 aliphatic rings. The van der Waals surface area contributed by atoms with Gasteiger partial charge < -0.3 is 14.8 Å². The highest BCUT2D eigenvalue weighted by molar-refractivity contribution is 6.35. The second kappa shape index (κ2) is 10.3. The van der Waals surface area contributed by atoms with Crippen molar-refractivity contribution >= 4 is 18.0 Å². The molecule has 0 heterocycles. The van der Waals surface area contributed by atoms with Crippen molar-refractivity contribution in [1.29, 1.82) is 0 Å². The lowest BCUT2D eigenvalue weighted by atomic mass is 10.2. The molecular weight excluding hydrogens is 298 g/mol. The third-order valence-electron chi connectivity index (χ3n) is 2.77. The van der Waals surface area contributed by atoms with Crippen molar-refractivity contribution in [3.05, 3.63) is 29.8 Å². The van der Waals surface area contributed by atoms with Crippen LogP contribution in [0.15, 0.2) is 29.4 Å². The minimum absolute atomic E-state index is 0.151. The molecule has 0 atom stereocenters. The normalized spacial score (nSPS) is 10.8. The molecule has 1 aromatic carbocycles. The minimum Gasteiger partial charge on any atom is -0.496 e. The molecule has 126 valence electrons. The number of hydrogen-bond acceptors (Lipinski definition) is 5. The summed E-state index contributed by atoms with van der Waals surface area (Å²) in [6, 6.07) is 7.20. The zero-order chi connectivity index (χ0) is 17.1. The molecule has 23 heavy (non-hydrogen) atoms. The van der Waals surface area contributed by atoms with Gasteiger partial charge in [0.1, 0.15) is 5.75 Å². The summed E-state index contributed by atoms with van der Waals surface area (Å²) in [5.41, 5.74) is 2.87. The number of benzene rings is 1. The van der Waals surface area contributed by atoms with Crippen LogP contribution in [0.2, 0.25) is 0 Å². The van der Waals surface area contributed by atoms with Crippen molar-refractivity contribution in [2.75, 3.05) is 20.3 Å². The monoisotopic (exact) mass is 321 g/mol. The maximum atomic E-state index is 11.6. The van der Waals surface area contributed by atoms with Crippen LogP contribution in [0.1, 0.15) is 25.8 Å². The van der Waals surface area contributed by atoms with E-state index < -0.39 is 11.8 Å². The number of nitrogens with zero attached hydrogens (tertiary/aromatic N) is 1. The van der Waals surface area contributed by atoms with Crippen molar-refractivity contribution in [3.8, 4) is 5.75 Å². The fourth-order valence-electron chi connectivity index (χ4n) is 1.66. The topological polar surface area (TPSA) is 89.0 Å². The Morgan fingerprint density at radius 1 is 1.26 bits per heavy atom. The SMILES string of the molecule is COc1ccccc1/C=N\NC(=O)C(=O)NCCCOC(C)C. The molecule has 0 radical (unpaired) electrons. The third kappa shape index (κ3) is 7.42. The molecular formula is C16H23N3O4. The van der Waals surface area contributed by atoms with E-state index in [9.17, 15) is 9.59 Å². The van der Waals surface area contributed by atoms with Crippen LogP contribution in [0.5, 0.6) is 5.75 Å². The van der Waals surface area contributed by atoms with Crippen LogP contribution in [0.3, 0.4) is 0 Å². The smallest absolute Gasteiger partial charge is 0.329 e. The second-order valence-electron chi connectivity index (χ2n) is 4.97. The lowest BCUT2D eigenvalue weighted by Crippen LogP contribution is -2.38. The van der Waals surface area contributed by atoms with Gasteiger partial charge in [-0.3, -0.25) is 9.59 Å². The predicted octanol–water partition coefficient (Wildman–Crippen LogP) is 1.08. The molecule has 1 rings (SSSR count). The zero-order valence-electron chi connectivity index (χ0n) is 13.7. The minimum atomic E-state index is -0.819.